The lowest BCUT2D eigenvalue weighted by Gasteiger charge is -2.28. The summed E-state index contributed by atoms with van der Waals surface area (Å²) in [5.41, 5.74) is 0.289. The van der Waals surface area contributed by atoms with Crippen molar-refractivity contribution in [3.8, 4) is 0 Å². The first kappa shape index (κ1) is 18.4. The maximum atomic E-state index is 10.5. The van der Waals surface area contributed by atoms with Crippen molar-refractivity contribution < 1.29 is 9.59 Å². The van der Waals surface area contributed by atoms with Crippen molar-refractivity contribution in [2.75, 3.05) is 0 Å². The van der Waals surface area contributed by atoms with Gasteiger partial charge in [0.25, 0.3) is 0 Å². The molecule has 0 radical (unpaired) electrons. The van der Waals surface area contributed by atoms with Crippen LogP contribution in [-0.4, -0.2) is 18.2 Å². The van der Waals surface area contributed by atoms with E-state index < -0.39 is 11.1 Å². The van der Waals surface area contributed by atoms with Gasteiger partial charge >= 0.3 is 0 Å². The molecule has 0 saturated carbocycles. The van der Waals surface area contributed by atoms with Crippen molar-refractivity contribution in [1.29, 1.82) is 10.8 Å². The van der Waals surface area contributed by atoms with E-state index in [0.717, 1.165) is 11.1 Å². The Morgan fingerprint density at radius 3 is 1.38 bits per heavy atom. The van der Waals surface area contributed by atoms with E-state index >= 15 is 0 Å². The van der Waals surface area contributed by atoms with E-state index in [0.29, 0.717) is 0 Å². The molecule has 2 N–H and O–H groups in total. The summed E-state index contributed by atoms with van der Waals surface area (Å²) >= 11 is 0. The summed E-state index contributed by atoms with van der Waals surface area (Å²) in [4.78, 5) is 28.6. The monoisotopic (exact) mass is 286 g/mol. The molecule has 0 bridgehead atoms. The normalized spacial score (nSPS) is 10.1. The number of rotatable bonds is 4. The molecule has 1 rings (SSSR count). The number of nitrogens with zero attached hydrogens (tertiary/aromatic N) is 2. The van der Waals surface area contributed by atoms with Crippen molar-refractivity contribution in [3.63, 3.8) is 0 Å². The van der Waals surface area contributed by atoms with Gasteiger partial charge in [-0.3, -0.25) is 0 Å². The quantitative estimate of drug-likeness (QED) is 0.655. The Morgan fingerprint density at radius 1 is 0.857 bits per heavy atom. The fourth-order valence-corrected chi connectivity index (χ4v) is 1.90. The van der Waals surface area contributed by atoms with E-state index in [1.165, 1.54) is 6.01 Å². The van der Waals surface area contributed by atoms with Crippen LogP contribution in [-0.2, 0) is 20.7 Å². The van der Waals surface area contributed by atoms with Gasteiger partial charge in [-0.15, -0.1) is 0 Å². The summed E-state index contributed by atoms with van der Waals surface area (Å²) in [5.74, 6) is 0. The molecular formula is C15H18N4O2. The van der Waals surface area contributed by atoms with E-state index in [4.69, 9.17) is 10.8 Å². The highest BCUT2D eigenvalue weighted by Gasteiger charge is 2.30. The number of hydrogen-bond donors (Lipinski definition) is 2. The maximum absolute atomic E-state index is 10.5. The van der Waals surface area contributed by atoms with Gasteiger partial charge in [0.05, 0.1) is 17.1 Å². The molecule has 0 aliphatic heterocycles. The summed E-state index contributed by atoms with van der Waals surface area (Å²) in [6.07, 6.45) is 3.17. The molecular weight excluding hydrogens is 268 g/mol. The minimum atomic E-state index is -0.700. The van der Waals surface area contributed by atoms with Crippen LogP contribution in [0.25, 0.3) is 0 Å². The first-order valence-electron chi connectivity index (χ1n) is 6.13. The zero-order chi connectivity index (χ0) is 16.5. The fraction of sp³-hybridized carbons (Fsp3) is 0.400. The smallest absolute Gasteiger partial charge is 0.235 e. The number of isocyanates is 2. The van der Waals surface area contributed by atoms with Crippen LogP contribution in [0.4, 0.5) is 0 Å². The van der Waals surface area contributed by atoms with Crippen LogP contribution in [0.15, 0.2) is 34.3 Å². The average molecular weight is 286 g/mol. The maximum Gasteiger partial charge on any atom is 0.235 e. The molecule has 0 aliphatic rings. The molecule has 0 saturated heterocycles. The molecule has 1 aromatic rings. The molecule has 0 heterocycles. The van der Waals surface area contributed by atoms with Crippen molar-refractivity contribution in [2.45, 2.75) is 38.8 Å². The van der Waals surface area contributed by atoms with Crippen molar-refractivity contribution in [3.05, 3.63) is 35.4 Å². The van der Waals surface area contributed by atoms with E-state index in [1.54, 1.807) is 12.2 Å². The Labute approximate surface area is 123 Å². The zero-order valence-corrected chi connectivity index (χ0v) is 12.5. The topological polar surface area (TPSA) is 107 Å². The summed E-state index contributed by atoms with van der Waals surface area (Å²) in [7, 11) is 0. The third-order valence-corrected chi connectivity index (χ3v) is 2.90. The lowest BCUT2D eigenvalue weighted by Crippen LogP contribution is -2.23. The van der Waals surface area contributed by atoms with E-state index in [2.05, 4.69) is 9.98 Å². The van der Waals surface area contributed by atoms with Crippen LogP contribution < -0.4 is 0 Å². The third-order valence-electron chi connectivity index (χ3n) is 2.90. The predicted octanol–water partition coefficient (Wildman–Crippen LogP) is 3.15. The highest BCUT2D eigenvalue weighted by atomic mass is 16.1. The van der Waals surface area contributed by atoms with E-state index in [1.807, 2.05) is 52.0 Å². The van der Waals surface area contributed by atoms with Gasteiger partial charge in [-0.25, -0.2) is 20.4 Å². The van der Waals surface area contributed by atoms with Crippen LogP contribution >= 0.6 is 0 Å². The highest BCUT2D eigenvalue weighted by Crippen LogP contribution is 2.35. The summed E-state index contributed by atoms with van der Waals surface area (Å²) in [6, 6.07) is 8.72. The van der Waals surface area contributed by atoms with Gasteiger partial charge in [-0.2, -0.15) is 9.98 Å². The predicted molar refractivity (Wildman–Crippen MR) is 79.2 cm³/mol. The Kier molecular flexibility index (Phi) is 6.85. The molecule has 0 aromatic heterocycles. The summed E-state index contributed by atoms with van der Waals surface area (Å²) < 4.78 is 0. The first-order valence-corrected chi connectivity index (χ1v) is 6.13. The van der Waals surface area contributed by atoms with Crippen molar-refractivity contribution in [2.24, 2.45) is 9.98 Å². The average Bonchev–Trinajstić information content (AvgIpc) is 2.39. The van der Waals surface area contributed by atoms with Gasteiger partial charge in [0, 0.05) is 0 Å². The molecule has 0 unspecified atom stereocenters. The SMILES string of the molecule is CC(C)(N=C=O)c1ccccc1C(C)(C)N=C=O.N=C=N. The minimum Gasteiger partial charge on any atom is -0.242 e. The van der Waals surface area contributed by atoms with Gasteiger partial charge in [-0.05, 0) is 38.8 Å². The number of carbonyl (C=O) groups excluding carboxylic acids is 2. The Morgan fingerprint density at radius 2 is 1.14 bits per heavy atom. The Bertz CT molecular complexity index is 567. The van der Waals surface area contributed by atoms with Crippen molar-refractivity contribution in [1.82, 2.24) is 0 Å². The van der Waals surface area contributed by atoms with Crippen LogP contribution in [0.5, 0.6) is 0 Å². The second kappa shape index (κ2) is 7.83. The lowest BCUT2D eigenvalue weighted by molar-refractivity contribution is 0.485. The molecule has 110 valence electrons. The van der Waals surface area contributed by atoms with E-state index in [9.17, 15) is 9.59 Å². The molecule has 21 heavy (non-hydrogen) atoms. The van der Waals surface area contributed by atoms with Gasteiger partial charge in [0.2, 0.25) is 12.2 Å². The zero-order valence-electron chi connectivity index (χ0n) is 12.5. The van der Waals surface area contributed by atoms with E-state index in [-0.39, 0.29) is 0 Å². The van der Waals surface area contributed by atoms with Gasteiger partial charge < -0.3 is 0 Å². The minimum absolute atomic E-state index is 0.700. The Hall–Kier alpha value is -2.64. The third kappa shape index (κ3) is 5.09. The van der Waals surface area contributed by atoms with Crippen LogP contribution in [0, 0.1) is 10.8 Å². The molecule has 0 fully saturated rings. The van der Waals surface area contributed by atoms with Gasteiger partial charge in [0.15, 0.2) is 0 Å². The van der Waals surface area contributed by atoms with Crippen LogP contribution in [0.3, 0.4) is 0 Å². The standard InChI is InChI=1S/C14H16N2O2.CH2N2/c1-13(2,15-9-17)11-7-5-6-8-12(11)14(3,4)16-10-18;2-1-3/h5-8H,1-4H3;2-3H. The lowest BCUT2D eigenvalue weighted by atomic mass is 9.82. The van der Waals surface area contributed by atoms with Crippen LogP contribution in [0.2, 0.25) is 0 Å². The molecule has 0 aliphatic carbocycles. The molecule has 0 spiro atoms. The largest absolute Gasteiger partial charge is 0.242 e. The van der Waals surface area contributed by atoms with Crippen LogP contribution in [0.1, 0.15) is 38.8 Å². The number of nitrogens with one attached hydrogen (secondary N) is 2. The van der Waals surface area contributed by atoms with Gasteiger partial charge in [-0.1, -0.05) is 24.3 Å². The number of benzene rings is 1. The molecule has 6 nitrogen and oxygen atoms in total. The molecule has 0 amide bonds. The number of aliphatic imine (C=N–C) groups is 2. The van der Waals surface area contributed by atoms with Gasteiger partial charge in [0.1, 0.15) is 0 Å². The second-order valence-corrected chi connectivity index (χ2v) is 5.19. The highest BCUT2D eigenvalue weighted by molar-refractivity contribution is 5.44. The first-order chi connectivity index (χ1) is 9.76. The molecule has 1 aromatic carbocycles. The number of hydrogen-bond acceptors (Lipinski definition) is 6. The summed E-state index contributed by atoms with van der Waals surface area (Å²) in [5, 5.41) is 11.2. The molecule has 6 heteroatoms. The van der Waals surface area contributed by atoms with Crippen molar-refractivity contribution >= 4 is 18.2 Å². The second-order valence-electron chi connectivity index (χ2n) is 5.19. The Balaban J connectivity index is 0.00000122. The fourth-order valence-electron chi connectivity index (χ4n) is 1.90. The summed E-state index contributed by atoms with van der Waals surface area (Å²) in [6.45, 7) is 7.27. The molecule has 0 atom stereocenters.